The minimum atomic E-state index is -0.194. The zero-order valence-electron chi connectivity index (χ0n) is 13.3. The number of carbonyl (C=O) groups excluding carboxylic acids is 1. The molecule has 0 saturated heterocycles. The number of aryl methyl sites for hydroxylation is 1. The third-order valence-corrected chi connectivity index (χ3v) is 3.99. The third kappa shape index (κ3) is 3.84. The third-order valence-electron chi connectivity index (χ3n) is 3.74. The number of hydrogen-bond donors (Lipinski definition) is 1. The minimum absolute atomic E-state index is 0.194. The molecule has 0 atom stereocenters. The van der Waals surface area contributed by atoms with Gasteiger partial charge in [-0.25, -0.2) is 0 Å². The highest BCUT2D eigenvalue weighted by Crippen LogP contribution is 2.23. The van der Waals surface area contributed by atoms with E-state index in [1.54, 1.807) is 0 Å². The van der Waals surface area contributed by atoms with Crippen LogP contribution in [0.1, 0.15) is 21.5 Å². The van der Waals surface area contributed by atoms with Crippen molar-refractivity contribution in [2.24, 2.45) is 0 Å². The maximum Gasteiger partial charge on any atom is 0.256 e. The number of hydrogen-bond acceptors (Lipinski definition) is 3. The molecule has 1 amide bonds. The van der Waals surface area contributed by atoms with E-state index < -0.39 is 0 Å². The van der Waals surface area contributed by atoms with E-state index in [-0.39, 0.29) is 5.91 Å². The first-order valence-electron chi connectivity index (χ1n) is 7.68. The molecule has 4 nitrogen and oxygen atoms in total. The van der Waals surface area contributed by atoms with Crippen molar-refractivity contribution in [2.45, 2.75) is 13.3 Å². The van der Waals surface area contributed by atoms with E-state index in [9.17, 15) is 4.79 Å². The lowest BCUT2D eigenvalue weighted by Crippen LogP contribution is -2.25. The summed E-state index contributed by atoms with van der Waals surface area (Å²) in [6, 6.07) is 15.4. The normalized spacial score (nSPS) is 10.6. The highest BCUT2D eigenvalue weighted by molar-refractivity contribution is 6.30. The molecule has 0 unspecified atom stereocenters. The first-order valence-corrected chi connectivity index (χ1v) is 8.05. The zero-order valence-corrected chi connectivity index (χ0v) is 14.0. The van der Waals surface area contributed by atoms with E-state index in [0.717, 1.165) is 23.1 Å². The molecule has 1 N–H and O–H groups in total. The molecule has 0 aliphatic rings. The molecule has 0 aliphatic carbocycles. The van der Waals surface area contributed by atoms with Crippen LogP contribution in [0.2, 0.25) is 5.02 Å². The van der Waals surface area contributed by atoms with E-state index >= 15 is 0 Å². The summed E-state index contributed by atoms with van der Waals surface area (Å²) in [6.45, 7) is 2.54. The van der Waals surface area contributed by atoms with Crippen molar-refractivity contribution >= 4 is 17.5 Å². The van der Waals surface area contributed by atoms with Crippen LogP contribution in [-0.2, 0) is 6.42 Å². The van der Waals surface area contributed by atoms with E-state index in [4.69, 9.17) is 16.1 Å². The number of rotatable bonds is 5. The Morgan fingerprint density at radius 2 is 1.83 bits per heavy atom. The number of amides is 1. The van der Waals surface area contributed by atoms with Crippen molar-refractivity contribution in [1.82, 2.24) is 10.5 Å². The van der Waals surface area contributed by atoms with Crippen LogP contribution in [0.5, 0.6) is 0 Å². The van der Waals surface area contributed by atoms with Gasteiger partial charge in [-0.2, -0.15) is 0 Å². The smallest absolute Gasteiger partial charge is 0.256 e. The SMILES string of the molecule is Cc1ccc(-c2oncc2C(=O)NCCc2ccc(Cl)cc2)cc1. The second-order valence-corrected chi connectivity index (χ2v) is 6.00. The number of nitrogens with one attached hydrogen (secondary N) is 1. The van der Waals surface area contributed by atoms with Gasteiger partial charge in [-0.3, -0.25) is 4.79 Å². The molecule has 0 bridgehead atoms. The van der Waals surface area contributed by atoms with E-state index in [2.05, 4.69) is 10.5 Å². The fourth-order valence-corrected chi connectivity index (χ4v) is 2.51. The standard InChI is InChI=1S/C19H17ClN2O2/c1-13-2-6-15(7-3-13)18-17(12-22-24-18)19(23)21-11-10-14-4-8-16(20)9-5-14/h2-9,12H,10-11H2,1H3,(H,21,23). The van der Waals surface area contributed by atoms with Crippen molar-refractivity contribution in [2.75, 3.05) is 6.54 Å². The summed E-state index contributed by atoms with van der Waals surface area (Å²) in [7, 11) is 0. The Hall–Kier alpha value is -2.59. The van der Waals surface area contributed by atoms with Gasteiger partial charge in [-0.1, -0.05) is 58.7 Å². The maximum atomic E-state index is 12.4. The first kappa shape index (κ1) is 16.3. The molecule has 0 fully saturated rings. The number of benzene rings is 2. The maximum absolute atomic E-state index is 12.4. The monoisotopic (exact) mass is 340 g/mol. The number of halogens is 1. The Morgan fingerprint density at radius 1 is 1.12 bits per heavy atom. The van der Waals surface area contributed by atoms with Crippen LogP contribution in [0.4, 0.5) is 0 Å². The topological polar surface area (TPSA) is 55.1 Å². The van der Waals surface area contributed by atoms with Crippen LogP contribution < -0.4 is 5.32 Å². The molecule has 0 aliphatic heterocycles. The van der Waals surface area contributed by atoms with E-state index in [1.165, 1.54) is 6.20 Å². The Labute approximate surface area is 145 Å². The second kappa shape index (κ2) is 7.32. The molecule has 2 aromatic carbocycles. The van der Waals surface area contributed by atoms with Crippen molar-refractivity contribution in [3.63, 3.8) is 0 Å². The summed E-state index contributed by atoms with van der Waals surface area (Å²) in [6.07, 6.45) is 2.18. The van der Waals surface area contributed by atoms with Gasteiger partial charge in [-0.05, 0) is 31.0 Å². The van der Waals surface area contributed by atoms with Gasteiger partial charge in [0.2, 0.25) is 0 Å². The molecular formula is C19H17ClN2O2. The van der Waals surface area contributed by atoms with Crippen LogP contribution in [0, 0.1) is 6.92 Å². The zero-order chi connectivity index (χ0) is 16.9. The fourth-order valence-electron chi connectivity index (χ4n) is 2.38. The molecule has 0 spiro atoms. The molecule has 0 saturated carbocycles. The van der Waals surface area contributed by atoms with Crippen LogP contribution in [0.25, 0.3) is 11.3 Å². The lowest BCUT2D eigenvalue weighted by atomic mass is 10.1. The Kier molecular flexibility index (Phi) is 4.96. The summed E-state index contributed by atoms with van der Waals surface area (Å²) < 4.78 is 5.26. The van der Waals surface area contributed by atoms with Gasteiger partial charge in [0.1, 0.15) is 5.56 Å². The minimum Gasteiger partial charge on any atom is -0.355 e. The van der Waals surface area contributed by atoms with Crippen molar-refractivity contribution < 1.29 is 9.32 Å². The predicted molar refractivity (Wildman–Crippen MR) is 94.2 cm³/mol. The van der Waals surface area contributed by atoms with Gasteiger partial charge < -0.3 is 9.84 Å². The molecule has 24 heavy (non-hydrogen) atoms. The number of aromatic nitrogens is 1. The van der Waals surface area contributed by atoms with Crippen LogP contribution in [-0.4, -0.2) is 17.6 Å². The van der Waals surface area contributed by atoms with Crippen LogP contribution in [0.3, 0.4) is 0 Å². The average molecular weight is 341 g/mol. The van der Waals surface area contributed by atoms with Gasteiger partial charge in [-0.15, -0.1) is 0 Å². The van der Waals surface area contributed by atoms with Gasteiger partial charge in [0.15, 0.2) is 5.76 Å². The highest BCUT2D eigenvalue weighted by Gasteiger charge is 2.17. The number of carbonyl (C=O) groups is 1. The highest BCUT2D eigenvalue weighted by atomic mass is 35.5. The predicted octanol–water partition coefficient (Wildman–Crippen LogP) is 4.28. The van der Waals surface area contributed by atoms with Crippen molar-refractivity contribution in [3.05, 3.63) is 76.4 Å². The van der Waals surface area contributed by atoms with E-state index in [0.29, 0.717) is 22.9 Å². The summed E-state index contributed by atoms with van der Waals surface area (Å²) in [5.41, 5.74) is 3.53. The van der Waals surface area contributed by atoms with Crippen molar-refractivity contribution in [3.8, 4) is 11.3 Å². The number of nitrogens with zero attached hydrogens (tertiary/aromatic N) is 1. The Balaban J connectivity index is 1.64. The lowest BCUT2D eigenvalue weighted by molar-refractivity contribution is 0.0954. The lowest BCUT2D eigenvalue weighted by Gasteiger charge is -2.05. The Morgan fingerprint density at radius 3 is 2.54 bits per heavy atom. The molecule has 1 aromatic heterocycles. The molecule has 122 valence electrons. The van der Waals surface area contributed by atoms with Gasteiger partial charge >= 0.3 is 0 Å². The Bertz CT molecular complexity index is 823. The first-order chi connectivity index (χ1) is 11.6. The average Bonchev–Trinajstić information content (AvgIpc) is 3.07. The molecule has 1 heterocycles. The van der Waals surface area contributed by atoms with Crippen molar-refractivity contribution in [1.29, 1.82) is 0 Å². The summed E-state index contributed by atoms with van der Waals surface area (Å²) >= 11 is 5.86. The van der Waals surface area contributed by atoms with E-state index in [1.807, 2.05) is 55.5 Å². The largest absolute Gasteiger partial charge is 0.355 e. The summed E-state index contributed by atoms with van der Waals surface area (Å²) in [5, 5.41) is 7.37. The van der Waals surface area contributed by atoms with Crippen LogP contribution >= 0.6 is 11.6 Å². The van der Waals surface area contributed by atoms with Gasteiger partial charge in [0.25, 0.3) is 5.91 Å². The summed E-state index contributed by atoms with van der Waals surface area (Å²) in [5.74, 6) is 0.291. The van der Waals surface area contributed by atoms with Gasteiger partial charge in [0.05, 0.1) is 6.20 Å². The second-order valence-electron chi connectivity index (χ2n) is 5.57. The molecule has 5 heteroatoms. The molecule has 3 aromatic rings. The fraction of sp³-hybridized carbons (Fsp3) is 0.158. The van der Waals surface area contributed by atoms with Gasteiger partial charge in [0, 0.05) is 17.1 Å². The molecular weight excluding hydrogens is 324 g/mol. The molecule has 0 radical (unpaired) electrons. The summed E-state index contributed by atoms with van der Waals surface area (Å²) in [4.78, 5) is 12.4. The quantitative estimate of drug-likeness (QED) is 0.754. The van der Waals surface area contributed by atoms with Crippen LogP contribution in [0.15, 0.2) is 59.3 Å². The molecule has 3 rings (SSSR count).